The molecule has 134 valence electrons. The van der Waals surface area contributed by atoms with Crippen molar-refractivity contribution in [2.45, 2.75) is 19.4 Å². The largest absolute Gasteiger partial charge is 0.384 e. The average Bonchev–Trinajstić information content (AvgIpc) is 3.07. The van der Waals surface area contributed by atoms with Crippen LogP contribution in [0.3, 0.4) is 0 Å². The number of nitrogens with zero attached hydrogens (tertiary/aromatic N) is 1. The maximum Gasteiger partial charge on any atom is 0.174 e. The molecular weight excluding hydrogens is 404 g/mol. The van der Waals surface area contributed by atoms with Crippen LogP contribution in [-0.4, -0.2) is 33.3 Å². The normalized spacial score (nSPS) is 15.9. The Morgan fingerprint density at radius 3 is 2.85 bits per heavy atom. The summed E-state index contributed by atoms with van der Waals surface area (Å²) in [7, 11) is 0. The summed E-state index contributed by atoms with van der Waals surface area (Å²) >= 11 is 18.8. The predicted octanol–water partition coefficient (Wildman–Crippen LogP) is 3.91. The van der Waals surface area contributed by atoms with E-state index >= 15 is 0 Å². The highest BCUT2D eigenvalue weighted by Crippen LogP contribution is 2.35. The van der Waals surface area contributed by atoms with Crippen molar-refractivity contribution < 1.29 is 5.11 Å². The summed E-state index contributed by atoms with van der Waals surface area (Å²) < 4.78 is 0. The van der Waals surface area contributed by atoms with E-state index in [1.165, 1.54) is 4.88 Å². The van der Waals surface area contributed by atoms with Crippen LogP contribution in [0.25, 0.3) is 0 Å². The second-order valence-corrected chi connectivity index (χ2v) is 8.24. The van der Waals surface area contributed by atoms with Crippen LogP contribution in [0.4, 0.5) is 0 Å². The lowest BCUT2D eigenvalue weighted by atomic mass is 10.0. The Morgan fingerprint density at radius 1 is 1.42 bits per heavy atom. The highest BCUT2D eigenvalue weighted by Gasteiger charge is 2.30. The number of thiocarbonyl (C=S) groups is 2. The number of hydrogen-bond acceptors (Lipinski definition) is 4. The van der Waals surface area contributed by atoms with E-state index in [1.54, 1.807) is 11.3 Å². The van der Waals surface area contributed by atoms with Crippen molar-refractivity contribution in [1.82, 2.24) is 10.2 Å². The molecule has 1 unspecified atom stereocenters. The van der Waals surface area contributed by atoms with Gasteiger partial charge in [-0.2, -0.15) is 0 Å². The molecule has 7 heteroatoms. The summed E-state index contributed by atoms with van der Waals surface area (Å²) in [6.45, 7) is 3.38. The number of hydrogen-bond donors (Lipinski definition) is 2. The first-order valence-corrected chi connectivity index (χ1v) is 10.1. The maximum atomic E-state index is 8.88. The number of benzene rings is 1. The molecule has 0 radical (unpaired) electrons. The Kier molecular flexibility index (Phi) is 6.28. The molecule has 0 amide bonds. The van der Waals surface area contributed by atoms with Gasteiger partial charge < -0.3 is 15.3 Å². The fraction of sp³-hybridized carbons (Fsp3) is 0.263. The van der Waals surface area contributed by atoms with Crippen molar-refractivity contribution in [1.29, 1.82) is 0 Å². The number of halogens is 1. The lowest BCUT2D eigenvalue weighted by Gasteiger charge is -2.33. The molecule has 1 aromatic carbocycles. The molecule has 2 N–H and O–H groups in total. The van der Waals surface area contributed by atoms with Crippen molar-refractivity contribution >= 4 is 57.5 Å². The number of nitrogens with one attached hydrogen (secondary N) is 1. The van der Waals surface area contributed by atoms with Gasteiger partial charge in [-0.15, -0.1) is 11.3 Å². The van der Waals surface area contributed by atoms with E-state index in [4.69, 9.17) is 41.1 Å². The van der Waals surface area contributed by atoms with E-state index < -0.39 is 0 Å². The molecule has 26 heavy (non-hydrogen) atoms. The monoisotopic (exact) mass is 420 g/mol. The molecule has 0 saturated carbocycles. The minimum absolute atomic E-state index is 0.145. The van der Waals surface area contributed by atoms with E-state index in [0.717, 1.165) is 27.5 Å². The zero-order chi connectivity index (χ0) is 18.7. The molecule has 0 aliphatic carbocycles. The first-order valence-electron chi connectivity index (χ1n) is 8.07. The van der Waals surface area contributed by atoms with Crippen molar-refractivity contribution in [3.8, 4) is 11.8 Å². The standard InChI is InChI=1S/C19H17ClN2OS3/c1-12-11-22(19(25)21-10-13-4-6-14(20)7-5-13)18(24)16-9-15(3-2-8-23)26-17(12)16/h4-7,9,12,23H,8,10-11H2,1H3,(H,21,25). The molecule has 0 saturated heterocycles. The van der Waals surface area contributed by atoms with Crippen LogP contribution in [0.5, 0.6) is 0 Å². The van der Waals surface area contributed by atoms with Crippen LogP contribution in [0, 0.1) is 11.8 Å². The summed E-state index contributed by atoms with van der Waals surface area (Å²) in [4.78, 5) is 4.85. The fourth-order valence-corrected chi connectivity index (χ4v) is 4.66. The molecule has 1 aliphatic rings. The lowest BCUT2D eigenvalue weighted by Crippen LogP contribution is -2.47. The van der Waals surface area contributed by atoms with Gasteiger partial charge in [0, 0.05) is 34.5 Å². The van der Waals surface area contributed by atoms with Crippen molar-refractivity contribution in [3.63, 3.8) is 0 Å². The highest BCUT2D eigenvalue weighted by molar-refractivity contribution is 7.82. The van der Waals surface area contributed by atoms with Crippen LogP contribution in [0.1, 0.15) is 33.7 Å². The van der Waals surface area contributed by atoms with E-state index in [0.29, 0.717) is 22.6 Å². The number of thiophene rings is 1. The van der Waals surface area contributed by atoms with Crippen LogP contribution in [0.2, 0.25) is 5.02 Å². The first kappa shape index (κ1) is 19.3. The van der Waals surface area contributed by atoms with Crippen molar-refractivity contribution in [2.75, 3.05) is 13.2 Å². The zero-order valence-electron chi connectivity index (χ0n) is 14.1. The molecule has 0 spiro atoms. The molecule has 3 nitrogen and oxygen atoms in total. The molecular formula is C19H17ClN2OS3. The summed E-state index contributed by atoms with van der Waals surface area (Å²) in [5, 5.41) is 13.5. The third-order valence-electron chi connectivity index (χ3n) is 4.03. The molecule has 1 aromatic heterocycles. The maximum absolute atomic E-state index is 8.88. The smallest absolute Gasteiger partial charge is 0.174 e. The molecule has 2 aromatic rings. The summed E-state index contributed by atoms with van der Waals surface area (Å²) in [6.07, 6.45) is 0. The zero-order valence-corrected chi connectivity index (χ0v) is 17.3. The second-order valence-electron chi connectivity index (χ2n) is 5.95. The average molecular weight is 421 g/mol. The molecule has 0 fully saturated rings. The molecule has 3 rings (SSSR count). The van der Waals surface area contributed by atoms with Gasteiger partial charge in [-0.25, -0.2) is 0 Å². The van der Waals surface area contributed by atoms with Crippen LogP contribution in [-0.2, 0) is 6.54 Å². The van der Waals surface area contributed by atoms with Gasteiger partial charge in [-0.3, -0.25) is 0 Å². The molecule has 1 aliphatic heterocycles. The second kappa shape index (κ2) is 8.47. The predicted molar refractivity (Wildman–Crippen MR) is 116 cm³/mol. The van der Waals surface area contributed by atoms with Gasteiger partial charge in [-0.1, -0.05) is 54.7 Å². The first-order chi connectivity index (χ1) is 12.5. The topological polar surface area (TPSA) is 35.5 Å². The fourth-order valence-electron chi connectivity index (χ4n) is 2.76. The Balaban J connectivity index is 1.72. The third-order valence-corrected chi connectivity index (χ3v) is 6.37. The van der Waals surface area contributed by atoms with E-state index in [9.17, 15) is 0 Å². The third kappa shape index (κ3) is 4.25. The summed E-state index contributed by atoms with van der Waals surface area (Å²) in [5.74, 6) is 5.97. The van der Waals surface area contributed by atoms with Gasteiger partial charge in [0.15, 0.2) is 5.11 Å². The number of fused-ring (bicyclic) bond motifs is 1. The van der Waals surface area contributed by atoms with Crippen molar-refractivity contribution in [3.05, 3.63) is 56.2 Å². The minimum Gasteiger partial charge on any atom is -0.384 e. The SMILES string of the molecule is CC1CN(C(=S)NCc2ccc(Cl)cc2)C(=S)c2cc(C#CCO)sc21. The Labute approximate surface area is 173 Å². The van der Waals surface area contributed by atoms with Gasteiger partial charge in [0.1, 0.15) is 11.6 Å². The number of aliphatic hydroxyl groups is 1. The van der Waals surface area contributed by atoms with E-state index in [2.05, 4.69) is 24.1 Å². The Bertz CT molecular complexity index is 896. The quantitative estimate of drug-likeness (QED) is 0.568. The highest BCUT2D eigenvalue weighted by atomic mass is 35.5. The van der Waals surface area contributed by atoms with Gasteiger partial charge >= 0.3 is 0 Å². The van der Waals surface area contributed by atoms with Gasteiger partial charge in [0.25, 0.3) is 0 Å². The van der Waals surface area contributed by atoms with E-state index in [1.807, 2.05) is 35.2 Å². The number of aliphatic hydroxyl groups excluding tert-OH is 1. The molecule has 1 atom stereocenters. The van der Waals surface area contributed by atoms with Gasteiger partial charge in [0.05, 0.1) is 4.88 Å². The minimum atomic E-state index is -0.145. The van der Waals surface area contributed by atoms with E-state index in [-0.39, 0.29) is 6.61 Å². The summed E-state index contributed by atoms with van der Waals surface area (Å²) in [5.41, 5.74) is 2.12. The van der Waals surface area contributed by atoms with Crippen molar-refractivity contribution in [2.24, 2.45) is 0 Å². The molecule has 0 bridgehead atoms. The van der Waals surface area contributed by atoms with Gasteiger partial charge in [0.2, 0.25) is 0 Å². The lowest BCUT2D eigenvalue weighted by molar-refractivity contribution is 0.350. The van der Waals surface area contributed by atoms with Crippen LogP contribution < -0.4 is 5.32 Å². The molecule has 2 heterocycles. The van der Waals surface area contributed by atoms with Crippen LogP contribution in [0.15, 0.2) is 30.3 Å². The van der Waals surface area contributed by atoms with Crippen LogP contribution >= 0.6 is 47.4 Å². The summed E-state index contributed by atoms with van der Waals surface area (Å²) in [6, 6.07) is 9.66. The Hall–Kier alpha value is -1.49. The van der Waals surface area contributed by atoms with Gasteiger partial charge in [-0.05, 0) is 36.0 Å². The number of rotatable bonds is 2. The Morgan fingerprint density at radius 2 is 2.15 bits per heavy atom.